The van der Waals surface area contributed by atoms with Crippen molar-refractivity contribution in [3.63, 3.8) is 0 Å². The van der Waals surface area contributed by atoms with Crippen LogP contribution in [0.1, 0.15) is 0 Å². The van der Waals surface area contributed by atoms with Crippen LogP contribution in [-0.2, 0) is 14.6 Å². The molecule has 1 N–H and O–H groups in total. The molecule has 0 saturated heterocycles. The number of nitrogens with one attached hydrogen (secondary N) is 1. The van der Waals surface area contributed by atoms with Crippen LogP contribution in [0.3, 0.4) is 0 Å². The van der Waals surface area contributed by atoms with Crippen molar-refractivity contribution >= 4 is 54.0 Å². The third-order valence-corrected chi connectivity index (χ3v) is 5.63. The summed E-state index contributed by atoms with van der Waals surface area (Å²) in [5, 5.41) is 2.94. The van der Waals surface area contributed by atoms with Crippen molar-refractivity contribution in [1.82, 2.24) is 4.98 Å². The Morgan fingerprint density at radius 2 is 2.08 bits per heavy atom. The van der Waals surface area contributed by atoms with E-state index in [9.17, 15) is 17.6 Å². The molecule has 1 heterocycles. The van der Waals surface area contributed by atoms with Gasteiger partial charge in [0.1, 0.15) is 11.6 Å². The minimum absolute atomic E-state index is 0.0612. The zero-order chi connectivity index (χ0) is 18.9. The topological polar surface area (TPSA) is 85.4 Å². The molecule has 6 nitrogen and oxygen atoms in total. The lowest BCUT2D eigenvalue weighted by atomic mass is 10.3. The van der Waals surface area contributed by atoms with Gasteiger partial charge >= 0.3 is 0 Å². The molecule has 10 heteroatoms. The highest BCUT2D eigenvalue weighted by Crippen LogP contribution is 2.28. The van der Waals surface area contributed by atoms with Crippen LogP contribution in [0.4, 0.5) is 9.52 Å². The van der Waals surface area contributed by atoms with Gasteiger partial charge in [-0.2, -0.15) is 0 Å². The van der Waals surface area contributed by atoms with Gasteiger partial charge in [-0.15, -0.1) is 0 Å². The number of aromatic nitrogens is 1. The molecule has 0 unspecified atom stereocenters. The molecule has 0 fully saturated rings. The molecular formula is C16H12ClFN2O4S2. The van der Waals surface area contributed by atoms with Gasteiger partial charge < -0.3 is 4.74 Å². The van der Waals surface area contributed by atoms with Crippen LogP contribution < -0.4 is 10.1 Å². The summed E-state index contributed by atoms with van der Waals surface area (Å²) >= 11 is 6.97. The second kappa shape index (κ2) is 7.18. The minimum Gasteiger partial charge on any atom is -0.482 e. The smallest absolute Gasteiger partial charge is 0.264 e. The van der Waals surface area contributed by atoms with Gasteiger partial charge in [0.2, 0.25) is 0 Å². The number of anilines is 1. The van der Waals surface area contributed by atoms with Gasteiger partial charge in [-0.1, -0.05) is 22.9 Å². The molecule has 0 aliphatic heterocycles. The van der Waals surface area contributed by atoms with Crippen molar-refractivity contribution in [3.8, 4) is 5.75 Å². The molecule has 0 radical (unpaired) electrons. The molecular weight excluding hydrogens is 403 g/mol. The van der Waals surface area contributed by atoms with Crippen molar-refractivity contribution in [2.75, 3.05) is 18.2 Å². The third kappa shape index (κ3) is 4.29. The maximum atomic E-state index is 13.0. The number of halogens is 2. The standard InChI is InChI=1S/C16H12ClFN2O4S2/c1-26(22,23)10-3-4-12-14(7-10)25-16(19-12)20-15(21)8-24-13-5-2-9(18)6-11(13)17/h2-7H,8H2,1H3,(H,19,20,21). The van der Waals surface area contributed by atoms with E-state index in [0.717, 1.165) is 23.7 Å². The van der Waals surface area contributed by atoms with Crippen LogP contribution >= 0.6 is 22.9 Å². The SMILES string of the molecule is CS(=O)(=O)c1ccc2nc(NC(=O)COc3ccc(F)cc3Cl)sc2c1. The molecule has 0 aliphatic rings. The maximum Gasteiger partial charge on any atom is 0.264 e. The highest BCUT2D eigenvalue weighted by Gasteiger charge is 2.13. The van der Waals surface area contributed by atoms with Gasteiger partial charge in [0, 0.05) is 6.26 Å². The van der Waals surface area contributed by atoms with E-state index in [0.29, 0.717) is 15.3 Å². The van der Waals surface area contributed by atoms with Crippen molar-refractivity contribution in [2.45, 2.75) is 4.90 Å². The Kier molecular flexibility index (Phi) is 5.12. The molecule has 2 aromatic carbocycles. The summed E-state index contributed by atoms with van der Waals surface area (Å²) in [4.78, 5) is 16.4. The zero-order valence-corrected chi connectivity index (χ0v) is 15.7. The van der Waals surface area contributed by atoms with Gasteiger partial charge in [-0.3, -0.25) is 10.1 Å². The molecule has 0 spiro atoms. The largest absolute Gasteiger partial charge is 0.482 e. The molecule has 0 saturated carbocycles. The molecule has 136 valence electrons. The van der Waals surface area contributed by atoms with E-state index in [2.05, 4.69) is 10.3 Å². The maximum absolute atomic E-state index is 13.0. The van der Waals surface area contributed by atoms with Crippen molar-refractivity contribution < 1.29 is 22.3 Å². The number of benzene rings is 2. The monoisotopic (exact) mass is 414 g/mol. The van der Waals surface area contributed by atoms with E-state index in [4.69, 9.17) is 16.3 Å². The number of nitrogens with zero attached hydrogens (tertiary/aromatic N) is 1. The van der Waals surface area contributed by atoms with Crippen LogP contribution in [0.2, 0.25) is 5.02 Å². The number of carbonyl (C=O) groups excluding carboxylic acids is 1. The molecule has 0 atom stereocenters. The van der Waals surface area contributed by atoms with Crippen LogP contribution in [-0.4, -0.2) is 32.2 Å². The zero-order valence-electron chi connectivity index (χ0n) is 13.3. The summed E-state index contributed by atoms with van der Waals surface area (Å²) in [6, 6.07) is 8.13. The van der Waals surface area contributed by atoms with Crippen molar-refractivity contribution in [1.29, 1.82) is 0 Å². The number of sulfone groups is 1. The number of fused-ring (bicyclic) bond motifs is 1. The van der Waals surface area contributed by atoms with Gasteiger partial charge in [0.15, 0.2) is 21.6 Å². The fourth-order valence-electron chi connectivity index (χ4n) is 2.08. The average Bonchev–Trinajstić information content (AvgIpc) is 2.94. The van der Waals surface area contributed by atoms with Crippen LogP contribution in [0.5, 0.6) is 5.75 Å². The minimum atomic E-state index is -3.32. The van der Waals surface area contributed by atoms with Gasteiger partial charge in [-0.05, 0) is 36.4 Å². The lowest BCUT2D eigenvalue weighted by Crippen LogP contribution is -2.20. The Bertz CT molecular complexity index is 1100. The van der Waals surface area contributed by atoms with E-state index in [1.807, 2.05) is 0 Å². The van der Waals surface area contributed by atoms with Crippen molar-refractivity contribution in [3.05, 3.63) is 47.2 Å². The number of ether oxygens (including phenoxy) is 1. The Morgan fingerprint density at radius 3 is 2.77 bits per heavy atom. The second-order valence-corrected chi connectivity index (χ2v) is 8.79. The fourth-order valence-corrected chi connectivity index (χ4v) is 3.94. The van der Waals surface area contributed by atoms with E-state index in [-0.39, 0.29) is 22.3 Å². The summed E-state index contributed by atoms with van der Waals surface area (Å²) in [6.45, 7) is -0.337. The van der Waals surface area contributed by atoms with E-state index >= 15 is 0 Å². The summed E-state index contributed by atoms with van der Waals surface area (Å²) in [6.07, 6.45) is 1.12. The van der Waals surface area contributed by atoms with Gasteiger partial charge in [-0.25, -0.2) is 17.8 Å². The number of amides is 1. The lowest BCUT2D eigenvalue weighted by Gasteiger charge is -2.07. The highest BCUT2D eigenvalue weighted by atomic mass is 35.5. The predicted molar refractivity (Wildman–Crippen MR) is 98.3 cm³/mol. The van der Waals surface area contributed by atoms with E-state index in [1.165, 1.54) is 24.3 Å². The van der Waals surface area contributed by atoms with Gasteiger partial charge in [0.25, 0.3) is 5.91 Å². The first-order valence-electron chi connectivity index (χ1n) is 7.21. The summed E-state index contributed by atoms with van der Waals surface area (Å²) in [5.41, 5.74) is 0.570. The molecule has 1 amide bonds. The molecule has 0 aliphatic carbocycles. The normalized spacial score (nSPS) is 11.5. The number of rotatable bonds is 5. The third-order valence-electron chi connectivity index (χ3n) is 3.29. The first kappa shape index (κ1) is 18.6. The Morgan fingerprint density at radius 1 is 1.31 bits per heavy atom. The Hall–Kier alpha value is -2.23. The lowest BCUT2D eigenvalue weighted by molar-refractivity contribution is -0.118. The summed E-state index contributed by atoms with van der Waals surface area (Å²) in [5.74, 6) is -0.798. The fraction of sp³-hybridized carbons (Fsp3) is 0.125. The number of carbonyl (C=O) groups is 1. The Labute approximate surface area is 157 Å². The van der Waals surface area contributed by atoms with Crippen LogP contribution in [0.15, 0.2) is 41.3 Å². The van der Waals surface area contributed by atoms with Gasteiger partial charge in [0.05, 0.1) is 20.1 Å². The average molecular weight is 415 g/mol. The Balaban J connectivity index is 1.69. The number of hydrogen-bond donors (Lipinski definition) is 1. The quantitative estimate of drug-likeness (QED) is 0.690. The summed E-state index contributed by atoms with van der Waals surface area (Å²) in [7, 11) is -3.32. The molecule has 1 aromatic heterocycles. The molecule has 26 heavy (non-hydrogen) atoms. The molecule has 0 bridgehead atoms. The first-order valence-corrected chi connectivity index (χ1v) is 10.3. The highest BCUT2D eigenvalue weighted by molar-refractivity contribution is 7.90. The van der Waals surface area contributed by atoms with Crippen molar-refractivity contribution in [2.24, 2.45) is 0 Å². The van der Waals surface area contributed by atoms with Crippen LogP contribution in [0, 0.1) is 5.82 Å². The van der Waals surface area contributed by atoms with E-state index < -0.39 is 21.6 Å². The molecule has 3 rings (SSSR count). The number of thiazole rings is 1. The number of hydrogen-bond acceptors (Lipinski definition) is 6. The van der Waals surface area contributed by atoms with E-state index in [1.54, 1.807) is 6.07 Å². The summed E-state index contributed by atoms with van der Waals surface area (Å²) < 4.78 is 42.0. The predicted octanol–water partition coefficient (Wildman–Crippen LogP) is 3.51. The second-order valence-electron chi connectivity index (χ2n) is 5.33. The first-order chi connectivity index (χ1) is 12.2. The van der Waals surface area contributed by atoms with Crippen LogP contribution in [0.25, 0.3) is 10.2 Å². The molecule has 3 aromatic rings.